The maximum atomic E-state index is 5.76. The zero-order valence-electron chi connectivity index (χ0n) is 11.0. The number of nitrogens with two attached hydrogens (primary N) is 1. The summed E-state index contributed by atoms with van der Waals surface area (Å²) in [5.41, 5.74) is 8.36. The molecule has 0 heterocycles. The molecule has 0 amide bonds. The SMILES string of the molecule is COc1cc(N)ccc1CNCC1(C2CC2)CC1. The highest BCUT2D eigenvalue weighted by molar-refractivity contribution is 5.48. The van der Waals surface area contributed by atoms with E-state index in [1.165, 1.54) is 31.2 Å². The van der Waals surface area contributed by atoms with Crippen molar-refractivity contribution in [2.24, 2.45) is 11.3 Å². The van der Waals surface area contributed by atoms with E-state index < -0.39 is 0 Å². The van der Waals surface area contributed by atoms with Crippen LogP contribution in [0, 0.1) is 11.3 Å². The second kappa shape index (κ2) is 4.47. The van der Waals surface area contributed by atoms with Crippen LogP contribution in [0.5, 0.6) is 5.75 Å². The first kappa shape index (κ1) is 11.8. The number of hydrogen-bond acceptors (Lipinski definition) is 3. The summed E-state index contributed by atoms with van der Waals surface area (Å²) in [6.45, 7) is 2.03. The first-order chi connectivity index (χ1) is 8.73. The molecule has 1 aromatic carbocycles. The van der Waals surface area contributed by atoms with Gasteiger partial charge in [0.2, 0.25) is 0 Å². The Bertz CT molecular complexity index is 436. The molecule has 3 rings (SSSR count). The molecule has 98 valence electrons. The van der Waals surface area contributed by atoms with E-state index in [1.807, 2.05) is 12.1 Å². The van der Waals surface area contributed by atoms with Crippen LogP contribution in [0.25, 0.3) is 0 Å². The second-order valence-electron chi connectivity index (χ2n) is 5.81. The molecule has 2 aliphatic carbocycles. The fraction of sp³-hybridized carbons (Fsp3) is 0.600. The smallest absolute Gasteiger partial charge is 0.125 e. The highest BCUT2D eigenvalue weighted by Gasteiger charge is 2.53. The summed E-state index contributed by atoms with van der Waals surface area (Å²) in [6, 6.07) is 5.88. The van der Waals surface area contributed by atoms with Crippen molar-refractivity contribution in [1.82, 2.24) is 5.32 Å². The van der Waals surface area contributed by atoms with Crippen molar-refractivity contribution in [2.75, 3.05) is 19.4 Å². The maximum absolute atomic E-state index is 5.76. The Morgan fingerprint density at radius 3 is 2.78 bits per heavy atom. The van der Waals surface area contributed by atoms with Gasteiger partial charge in [-0.1, -0.05) is 6.07 Å². The number of benzene rings is 1. The fourth-order valence-corrected chi connectivity index (χ4v) is 2.94. The summed E-state index contributed by atoms with van der Waals surface area (Å²) in [5.74, 6) is 1.90. The molecule has 0 bridgehead atoms. The van der Waals surface area contributed by atoms with E-state index in [2.05, 4.69) is 11.4 Å². The summed E-state index contributed by atoms with van der Waals surface area (Å²) in [5, 5.41) is 3.60. The normalized spacial score (nSPS) is 20.7. The van der Waals surface area contributed by atoms with Crippen LogP contribution in [-0.2, 0) is 6.54 Å². The molecular formula is C15H22N2O. The quantitative estimate of drug-likeness (QED) is 0.758. The molecule has 2 fully saturated rings. The average Bonchev–Trinajstić information content (AvgIpc) is 3.23. The van der Waals surface area contributed by atoms with Crippen LogP contribution >= 0.6 is 0 Å². The molecule has 0 aliphatic heterocycles. The summed E-state index contributed by atoms with van der Waals surface area (Å²) < 4.78 is 5.36. The molecule has 0 spiro atoms. The molecule has 3 heteroatoms. The lowest BCUT2D eigenvalue weighted by atomic mass is 10.0. The number of ether oxygens (including phenoxy) is 1. The lowest BCUT2D eigenvalue weighted by molar-refractivity contribution is 0.390. The van der Waals surface area contributed by atoms with Gasteiger partial charge in [0.15, 0.2) is 0 Å². The molecule has 0 aromatic heterocycles. The summed E-state index contributed by atoms with van der Waals surface area (Å²) in [4.78, 5) is 0. The van der Waals surface area contributed by atoms with Gasteiger partial charge in [-0.05, 0) is 43.1 Å². The van der Waals surface area contributed by atoms with E-state index in [1.54, 1.807) is 7.11 Å². The minimum atomic E-state index is 0.654. The number of methoxy groups -OCH3 is 1. The van der Waals surface area contributed by atoms with Crippen LogP contribution in [0.2, 0.25) is 0 Å². The van der Waals surface area contributed by atoms with Gasteiger partial charge < -0.3 is 15.8 Å². The Balaban J connectivity index is 1.56. The van der Waals surface area contributed by atoms with Gasteiger partial charge in [0.05, 0.1) is 7.11 Å². The van der Waals surface area contributed by atoms with E-state index in [-0.39, 0.29) is 0 Å². The molecule has 2 saturated carbocycles. The van der Waals surface area contributed by atoms with Gasteiger partial charge >= 0.3 is 0 Å². The monoisotopic (exact) mass is 246 g/mol. The molecule has 18 heavy (non-hydrogen) atoms. The lowest BCUT2D eigenvalue weighted by Crippen LogP contribution is -2.25. The van der Waals surface area contributed by atoms with Crippen molar-refractivity contribution in [3.63, 3.8) is 0 Å². The van der Waals surface area contributed by atoms with Crippen molar-refractivity contribution < 1.29 is 4.74 Å². The number of nitrogens with one attached hydrogen (secondary N) is 1. The third kappa shape index (κ3) is 2.32. The predicted molar refractivity (Wildman–Crippen MR) is 73.5 cm³/mol. The van der Waals surface area contributed by atoms with Crippen molar-refractivity contribution in [2.45, 2.75) is 32.2 Å². The van der Waals surface area contributed by atoms with Crippen molar-refractivity contribution in [3.05, 3.63) is 23.8 Å². The topological polar surface area (TPSA) is 47.3 Å². The highest BCUT2D eigenvalue weighted by atomic mass is 16.5. The predicted octanol–water partition coefficient (Wildman–Crippen LogP) is 2.56. The first-order valence-electron chi connectivity index (χ1n) is 6.87. The average molecular weight is 246 g/mol. The number of nitrogen functional groups attached to an aromatic ring is 1. The Hall–Kier alpha value is -1.22. The first-order valence-corrected chi connectivity index (χ1v) is 6.87. The third-order valence-electron chi connectivity index (χ3n) is 4.44. The van der Waals surface area contributed by atoms with E-state index in [4.69, 9.17) is 10.5 Å². The lowest BCUT2D eigenvalue weighted by Gasteiger charge is -2.16. The van der Waals surface area contributed by atoms with Gasteiger partial charge in [0.25, 0.3) is 0 Å². The van der Waals surface area contributed by atoms with Gasteiger partial charge in [-0.2, -0.15) is 0 Å². The molecule has 1 aromatic rings. The Morgan fingerprint density at radius 2 is 2.17 bits per heavy atom. The van der Waals surface area contributed by atoms with Crippen LogP contribution in [0.15, 0.2) is 18.2 Å². The van der Waals surface area contributed by atoms with E-state index >= 15 is 0 Å². The zero-order chi connectivity index (χ0) is 12.6. The Morgan fingerprint density at radius 1 is 1.39 bits per heavy atom. The standard InChI is InChI=1S/C15H22N2O/c1-18-14-8-13(16)5-2-11(14)9-17-10-15(6-7-15)12-3-4-12/h2,5,8,12,17H,3-4,6-7,9-10,16H2,1H3. The summed E-state index contributed by atoms with van der Waals surface area (Å²) in [6.07, 6.45) is 5.74. The van der Waals surface area contributed by atoms with Gasteiger partial charge in [-0.3, -0.25) is 0 Å². The van der Waals surface area contributed by atoms with E-state index in [0.717, 1.165) is 30.4 Å². The third-order valence-corrected chi connectivity index (χ3v) is 4.44. The molecule has 3 N–H and O–H groups in total. The molecule has 3 nitrogen and oxygen atoms in total. The van der Waals surface area contributed by atoms with Crippen LogP contribution in [0.4, 0.5) is 5.69 Å². The zero-order valence-corrected chi connectivity index (χ0v) is 11.0. The summed E-state index contributed by atoms with van der Waals surface area (Å²) >= 11 is 0. The number of anilines is 1. The minimum absolute atomic E-state index is 0.654. The van der Waals surface area contributed by atoms with Crippen LogP contribution in [-0.4, -0.2) is 13.7 Å². The van der Waals surface area contributed by atoms with Crippen LogP contribution < -0.4 is 15.8 Å². The molecule has 0 radical (unpaired) electrons. The van der Waals surface area contributed by atoms with Gasteiger partial charge in [-0.25, -0.2) is 0 Å². The van der Waals surface area contributed by atoms with Crippen molar-refractivity contribution in [1.29, 1.82) is 0 Å². The molecule has 0 unspecified atom stereocenters. The number of hydrogen-bond donors (Lipinski definition) is 2. The van der Waals surface area contributed by atoms with Crippen molar-refractivity contribution >= 4 is 5.69 Å². The molecule has 2 aliphatic rings. The van der Waals surface area contributed by atoms with Crippen molar-refractivity contribution in [3.8, 4) is 5.75 Å². The van der Waals surface area contributed by atoms with Crippen LogP contribution in [0.1, 0.15) is 31.2 Å². The van der Waals surface area contributed by atoms with Gasteiger partial charge in [-0.15, -0.1) is 0 Å². The second-order valence-corrected chi connectivity index (χ2v) is 5.81. The van der Waals surface area contributed by atoms with Gasteiger partial charge in [0, 0.05) is 30.4 Å². The maximum Gasteiger partial charge on any atom is 0.125 e. The Labute approximate surface area is 109 Å². The van der Waals surface area contributed by atoms with E-state index in [0.29, 0.717) is 5.41 Å². The van der Waals surface area contributed by atoms with E-state index in [9.17, 15) is 0 Å². The highest BCUT2D eigenvalue weighted by Crippen LogP contribution is 2.60. The van der Waals surface area contributed by atoms with Gasteiger partial charge in [0.1, 0.15) is 5.75 Å². The summed E-state index contributed by atoms with van der Waals surface area (Å²) in [7, 11) is 1.70. The van der Waals surface area contributed by atoms with Crippen LogP contribution in [0.3, 0.4) is 0 Å². The molecular weight excluding hydrogens is 224 g/mol. The largest absolute Gasteiger partial charge is 0.496 e. The number of rotatable bonds is 6. The molecule has 0 atom stereocenters. The fourth-order valence-electron chi connectivity index (χ4n) is 2.94. The molecule has 0 saturated heterocycles. The Kier molecular flexibility index (Phi) is 2.94. The minimum Gasteiger partial charge on any atom is -0.496 e.